The van der Waals surface area contributed by atoms with Gasteiger partial charge in [-0.1, -0.05) is 172 Å². The number of benzene rings is 10. The van der Waals surface area contributed by atoms with Crippen molar-refractivity contribution in [1.82, 2.24) is 0 Å². The van der Waals surface area contributed by atoms with Crippen LogP contribution in [0.15, 0.2) is 140 Å². The molecular weight excluding hydrogens is 1200 g/mol. The smallest absolute Gasteiger partial charge is 0.306 e. The van der Waals surface area contributed by atoms with Crippen molar-refractivity contribution in [2.24, 2.45) is 5.92 Å². The molecule has 0 N–H and O–H groups in total. The fraction of sp³-hybridized carbons (Fsp3) is 0.443. The van der Waals surface area contributed by atoms with Gasteiger partial charge in [-0.3, -0.25) is 14.4 Å². The summed E-state index contributed by atoms with van der Waals surface area (Å²) in [6.45, 7) is 39.5. The van der Waals surface area contributed by atoms with E-state index in [1.165, 1.54) is 103 Å². The van der Waals surface area contributed by atoms with E-state index in [4.69, 9.17) is 28.4 Å². The van der Waals surface area contributed by atoms with Crippen LogP contribution >= 0.6 is 0 Å². The number of aryl methyl sites for hydroxylation is 3. The van der Waals surface area contributed by atoms with Gasteiger partial charge in [-0.25, -0.2) is 0 Å². The zero-order valence-corrected chi connectivity index (χ0v) is 61.4. The summed E-state index contributed by atoms with van der Waals surface area (Å²) in [4.78, 5) is 40.9. The lowest BCUT2D eigenvalue weighted by Crippen LogP contribution is -2.53. The molecule has 0 saturated carbocycles. The van der Waals surface area contributed by atoms with Crippen molar-refractivity contribution in [3.8, 4) is 0 Å². The van der Waals surface area contributed by atoms with E-state index in [1.807, 2.05) is 61.5 Å². The lowest BCUT2D eigenvalue weighted by molar-refractivity contribution is -0.201. The van der Waals surface area contributed by atoms with Crippen LogP contribution < -0.4 is 10.4 Å². The first-order valence-corrected chi connectivity index (χ1v) is 35.7. The van der Waals surface area contributed by atoms with E-state index in [-0.39, 0.29) is 36.9 Å². The molecule has 0 saturated heterocycles. The first-order chi connectivity index (χ1) is 46.0. The monoisotopic (exact) mass is 1310 g/mol. The molecule has 97 heavy (non-hydrogen) atoms. The van der Waals surface area contributed by atoms with Gasteiger partial charge >= 0.3 is 17.9 Å². The SMILES string of the molecule is C=Cc1c(CCCC(=O)OC(C)(C)COC(C)(C)C(CC(C)(C)OCCC(C)(C)OC(=O)CCCc2ccc3ccc4cccc5ccc2c3c45)C(C)(C)OCCC(C)(C)OC(=O)CCCc2ccc3ccc4cccc5ccc2c3c45)ccc2cc/c(=C/C)c(=C(C)C)c12.CC. The Morgan fingerprint density at radius 3 is 1.25 bits per heavy atom. The summed E-state index contributed by atoms with van der Waals surface area (Å²) in [5.41, 5.74) is 1.13. The van der Waals surface area contributed by atoms with Gasteiger partial charge in [0.05, 0.1) is 36.6 Å². The van der Waals surface area contributed by atoms with Crippen LogP contribution in [0.2, 0.25) is 0 Å². The predicted molar refractivity (Wildman–Crippen MR) is 407 cm³/mol. The molecule has 0 fully saturated rings. The van der Waals surface area contributed by atoms with Crippen LogP contribution in [-0.4, -0.2) is 71.3 Å². The highest BCUT2D eigenvalue weighted by Gasteiger charge is 2.47. The molecule has 1 atom stereocenters. The van der Waals surface area contributed by atoms with Crippen molar-refractivity contribution < 1.29 is 42.8 Å². The minimum absolute atomic E-state index is 0.134. The Bertz CT molecular complexity index is 4520. The zero-order chi connectivity index (χ0) is 70.3. The highest BCUT2D eigenvalue weighted by atomic mass is 16.6. The molecule has 1 unspecified atom stereocenters. The minimum atomic E-state index is -0.954. The number of esters is 3. The molecule has 0 aliphatic heterocycles. The van der Waals surface area contributed by atoms with Gasteiger partial charge in [0.25, 0.3) is 0 Å². The molecule has 0 aliphatic carbocycles. The third-order valence-electron chi connectivity index (χ3n) is 19.8. The number of ether oxygens (including phenoxy) is 6. The third kappa shape index (κ3) is 17.6. The minimum Gasteiger partial charge on any atom is -0.460 e. The molecule has 0 radical (unpaired) electrons. The van der Waals surface area contributed by atoms with Gasteiger partial charge in [0.15, 0.2) is 0 Å². The Kier molecular flexibility index (Phi) is 23.2. The number of carbonyl (C=O) groups is 3. The summed E-state index contributed by atoms with van der Waals surface area (Å²) in [7, 11) is 0. The maximum absolute atomic E-state index is 13.7. The Morgan fingerprint density at radius 1 is 0.433 bits per heavy atom. The number of carbonyl (C=O) groups excluding carboxylic acids is 3. The highest BCUT2D eigenvalue weighted by Crippen LogP contribution is 2.43. The second kappa shape index (κ2) is 30.6. The summed E-state index contributed by atoms with van der Waals surface area (Å²) >= 11 is 0. The fourth-order valence-electron chi connectivity index (χ4n) is 14.8. The molecule has 0 aliphatic rings. The lowest BCUT2D eigenvalue weighted by atomic mass is 9.72. The Morgan fingerprint density at radius 2 is 0.804 bits per heavy atom. The van der Waals surface area contributed by atoms with E-state index in [0.29, 0.717) is 71.0 Å². The van der Waals surface area contributed by atoms with Crippen LogP contribution in [0.4, 0.5) is 0 Å². The maximum Gasteiger partial charge on any atom is 0.306 e. The van der Waals surface area contributed by atoms with E-state index in [2.05, 4.69) is 208 Å². The summed E-state index contributed by atoms with van der Waals surface area (Å²) in [6.07, 6.45) is 10.6. The average molecular weight is 1310 g/mol. The number of hydrogen-bond donors (Lipinski definition) is 0. The van der Waals surface area contributed by atoms with E-state index in [1.54, 1.807) is 0 Å². The van der Waals surface area contributed by atoms with Gasteiger partial charge in [0.1, 0.15) is 16.8 Å². The number of hydrogen-bond acceptors (Lipinski definition) is 9. The number of fused-ring (bicyclic) bond motifs is 1. The number of rotatable bonds is 31. The van der Waals surface area contributed by atoms with E-state index < -0.39 is 33.6 Å². The Balaban J connectivity index is 0.00000546. The average Bonchev–Trinajstić information content (AvgIpc) is 0.764. The van der Waals surface area contributed by atoms with Crippen molar-refractivity contribution >= 4 is 111 Å². The van der Waals surface area contributed by atoms with Crippen molar-refractivity contribution in [2.45, 2.75) is 228 Å². The fourth-order valence-corrected chi connectivity index (χ4v) is 14.8. The van der Waals surface area contributed by atoms with E-state index >= 15 is 0 Å². The Hall–Kier alpha value is -7.69. The van der Waals surface area contributed by atoms with E-state index in [9.17, 15) is 14.4 Å². The molecule has 10 rings (SSSR count). The molecule has 514 valence electrons. The van der Waals surface area contributed by atoms with Gasteiger partial charge in [0, 0.05) is 38.0 Å². The molecule has 0 spiro atoms. The van der Waals surface area contributed by atoms with E-state index in [0.717, 1.165) is 24.0 Å². The maximum atomic E-state index is 13.7. The first kappa shape index (κ1) is 73.6. The highest BCUT2D eigenvalue weighted by molar-refractivity contribution is 6.24. The normalized spacial score (nSPS) is 13.3. The van der Waals surface area contributed by atoms with Crippen molar-refractivity contribution in [3.63, 3.8) is 0 Å². The largest absolute Gasteiger partial charge is 0.460 e. The molecule has 0 amide bonds. The van der Waals surface area contributed by atoms with Gasteiger partial charge in [-0.2, -0.15) is 0 Å². The molecule has 10 aromatic rings. The molecular formula is C88H108O9. The Labute approximate surface area is 577 Å². The molecule has 9 nitrogen and oxygen atoms in total. The standard InChI is InChI=1S/C86H102O9.C2H6/c1-17-57-34-38-65-39-35-58(68(18-2)78(65)75(57)56(3)4)24-21-33-74(89)95-84(11,12)55-92-86(15,16)71(85(13,14)91-53-51-82(7,8)94-73(88)32-23-26-60-37-41-67-45-43-62-28-20-30-64-47-49-70(60)80(67)77(62)64)54-83(9,10)90-52-50-81(5,6)93-72(87)31-22-25-59-36-40-66-44-42-61-27-19-29-63-46-48-69(59)79(66)76(61)63;1-2/h17-20,27-30,34-49,71H,2,21-26,31-33,50-55H2,1,3-16H3;1-2H3/b57-17-;. The topological polar surface area (TPSA) is 107 Å². The van der Waals surface area contributed by atoms with Gasteiger partial charge in [-0.05, 0) is 257 Å². The lowest BCUT2D eigenvalue weighted by Gasteiger charge is -2.48. The third-order valence-corrected chi connectivity index (χ3v) is 19.8. The van der Waals surface area contributed by atoms with Crippen molar-refractivity contribution in [3.05, 3.63) is 173 Å². The van der Waals surface area contributed by atoms with Crippen LogP contribution in [0.3, 0.4) is 0 Å². The molecule has 10 aromatic carbocycles. The predicted octanol–water partition coefficient (Wildman–Crippen LogP) is 20.8. The van der Waals surface area contributed by atoms with Crippen LogP contribution in [0, 0.1) is 5.92 Å². The van der Waals surface area contributed by atoms with Crippen LogP contribution in [0.25, 0.3) is 93.1 Å². The molecule has 9 heteroatoms. The van der Waals surface area contributed by atoms with Crippen molar-refractivity contribution in [1.29, 1.82) is 0 Å². The summed E-state index contributed by atoms with van der Waals surface area (Å²) < 4.78 is 39.3. The molecule has 0 aromatic heterocycles. The van der Waals surface area contributed by atoms with Crippen LogP contribution in [-0.2, 0) is 62.1 Å². The van der Waals surface area contributed by atoms with Gasteiger partial charge in [-0.15, -0.1) is 0 Å². The first-order valence-electron chi connectivity index (χ1n) is 35.7. The van der Waals surface area contributed by atoms with Gasteiger partial charge < -0.3 is 28.4 Å². The molecule has 0 bridgehead atoms. The second-order valence-corrected chi connectivity index (χ2v) is 30.4. The van der Waals surface area contributed by atoms with Crippen LogP contribution in [0.5, 0.6) is 0 Å². The second-order valence-electron chi connectivity index (χ2n) is 30.4. The quantitative estimate of drug-likeness (QED) is 0.0239. The molecule has 0 heterocycles. The van der Waals surface area contributed by atoms with Gasteiger partial charge in [0.2, 0.25) is 0 Å². The van der Waals surface area contributed by atoms with Crippen LogP contribution in [0.1, 0.15) is 198 Å². The summed E-state index contributed by atoms with van der Waals surface area (Å²) in [6, 6.07) is 48.1. The summed E-state index contributed by atoms with van der Waals surface area (Å²) in [5, 5.41) is 19.8. The summed E-state index contributed by atoms with van der Waals surface area (Å²) in [5.74, 6) is -1.01. The zero-order valence-electron chi connectivity index (χ0n) is 61.4. The van der Waals surface area contributed by atoms with Crippen molar-refractivity contribution in [2.75, 3.05) is 19.8 Å².